The molecule has 3 heterocycles. The molecule has 0 unspecified atom stereocenters. The monoisotopic (exact) mass is 686 g/mol. The van der Waals surface area contributed by atoms with Gasteiger partial charge in [-0.05, 0) is 104 Å². The van der Waals surface area contributed by atoms with Gasteiger partial charge in [0.15, 0.2) is 0 Å². The fraction of sp³-hybridized carbons (Fsp3) is 0. The molecule has 3 nitrogen and oxygen atoms in total. The van der Waals surface area contributed by atoms with Crippen molar-refractivity contribution in [3.63, 3.8) is 0 Å². The maximum atomic E-state index is 6.48. The second-order valence-electron chi connectivity index (χ2n) is 14.3. The van der Waals surface area contributed by atoms with E-state index in [-0.39, 0.29) is 0 Å². The summed E-state index contributed by atoms with van der Waals surface area (Å²) in [7, 11) is 0. The van der Waals surface area contributed by atoms with E-state index < -0.39 is 0 Å². The number of pyridine rings is 1. The van der Waals surface area contributed by atoms with Crippen molar-refractivity contribution in [3.05, 3.63) is 182 Å². The third kappa shape index (κ3) is 4.09. The van der Waals surface area contributed by atoms with Crippen LogP contribution in [0.2, 0.25) is 0 Å². The molecule has 0 saturated carbocycles. The van der Waals surface area contributed by atoms with E-state index >= 15 is 0 Å². The van der Waals surface area contributed by atoms with E-state index in [2.05, 4.69) is 167 Å². The maximum Gasteiger partial charge on any atom is 0.136 e. The Labute approximate surface area is 309 Å². The van der Waals surface area contributed by atoms with Crippen LogP contribution in [0.3, 0.4) is 0 Å². The van der Waals surface area contributed by atoms with Gasteiger partial charge in [0.25, 0.3) is 0 Å². The second-order valence-corrected chi connectivity index (χ2v) is 14.3. The zero-order chi connectivity index (χ0) is 35.3. The molecule has 0 fully saturated rings. The van der Waals surface area contributed by atoms with E-state index in [4.69, 9.17) is 4.42 Å². The van der Waals surface area contributed by atoms with E-state index in [1.807, 2.05) is 24.5 Å². The van der Waals surface area contributed by atoms with Crippen LogP contribution in [0.15, 0.2) is 187 Å². The molecule has 3 aromatic heterocycles. The molecule has 0 N–H and O–H groups in total. The normalized spacial score (nSPS) is 12.1. The highest BCUT2D eigenvalue weighted by Crippen LogP contribution is 2.47. The zero-order valence-electron chi connectivity index (χ0n) is 29.1. The highest BCUT2D eigenvalue weighted by atomic mass is 16.3. The van der Waals surface area contributed by atoms with E-state index in [9.17, 15) is 0 Å². The number of aromatic nitrogens is 2. The van der Waals surface area contributed by atoms with Crippen LogP contribution in [0.4, 0.5) is 0 Å². The minimum Gasteiger partial charge on any atom is -0.456 e. The van der Waals surface area contributed by atoms with Crippen molar-refractivity contribution in [3.8, 4) is 27.9 Å². The molecule has 0 aliphatic heterocycles. The van der Waals surface area contributed by atoms with Gasteiger partial charge in [0.2, 0.25) is 0 Å². The van der Waals surface area contributed by atoms with Crippen LogP contribution in [0.5, 0.6) is 0 Å². The smallest absolute Gasteiger partial charge is 0.136 e. The first-order valence-electron chi connectivity index (χ1n) is 18.4. The van der Waals surface area contributed by atoms with Gasteiger partial charge in [0.05, 0.1) is 11.0 Å². The summed E-state index contributed by atoms with van der Waals surface area (Å²) in [6.45, 7) is 0. The van der Waals surface area contributed by atoms with Gasteiger partial charge in [-0.1, -0.05) is 115 Å². The predicted octanol–water partition coefficient (Wildman–Crippen LogP) is 14.0. The summed E-state index contributed by atoms with van der Waals surface area (Å²) in [6, 6.07) is 61.7. The van der Waals surface area contributed by atoms with Crippen LogP contribution in [-0.4, -0.2) is 9.55 Å². The quantitative estimate of drug-likeness (QED) is 0.173. The molecular weight excluding hydrogens is 657 g/mol. The number of hydrogen-bond donors (Lipinski definition) is 0. The Kier molecular flexibility index (Phi) is 6.05. The first-order chi connectivity index (χ1) is 26.8. The molecule has 0 saturated heterocycles. The van der Waals surface area contributed by atoms with Gasteiger partial charge in [-0.2, -0.15) is 0 Å². The van der Waals surface area contributed by atoms with Crippen molar-refractivity contribution in [2.75, 3.05) is 0 Å². The lowest BCUT2D eigenvalue weighted by Crippen LogP contribution is -1.97. The molecule has 0 bridgehead atoms. The summed E-state index contributed by atoms with van der Waals surface area (Å²) in [5, 5.41) is 14.6. The van der Waals surface area contributed by atoms with Gasteiger partial charge in [-0.3, -0.25) is 4.98 Å². The van der Waals surface area contributed by atoms with Gasteiger partial charge in [0, 0.05) is 56.0 Å². The number of hydrogen-bond acceptors (Lipinski definition) is 2. The Morgan fingerprint density at radius 3 is 1.93 bits per heavy atom. The number of furan rings is 1. The topological polar surface area (TPSA) is 31.0 Å². The zero-order valence-corrected chi connectivity index (χ0v) is 29.1. The highest BCUT2D eigenvalue weighted by Gasteiger charge is 2.23. The summed E-state index contributed by atoms with van der Waals surface area (Å²) >= 11 is 0. The molecule has 0 aliphatic carbocycles. The molecule has 0 atom stereocenters. The van der Waals surface area contributed by atoms with Crippen LogP contribution in [0.25, 0.3) is 115 Å². The number of benzene rings is 9. The SMILES string of the molecule is c1cncc(-c2cc(-c3cc4ccccc4c4ccccc34)cc(-n3c4ccccc4c4c5ccccc5c5c(ccc6oc7ccccc7c65)c43)c2)c1. The van der Waals surface area contributed by atoms with Crippen molar-refractivity contribution in [2.45, 2.75) is 0 Å². The molecule has 54 heavy (non-hydrogen) atoms. The van der Waals surface area contributed by atoms with Crippen LogP contribution >= 0.6 is 0 Å². The van der Waals surface area contributed by atoms with Crippen molar-refractivity contribution >= 4 is 86.8 Å². The highest BCUT2D eigenvalue weighted by molar-refractivity contribution is 6.38. The average molecular weight is 687 g/mol. The molecule has 0 amide bonds. The van der Waals surface area contributed by atoms with Gasteiger partial charge in [0.1, 0.15) is 11.2 Å². The number of nitrogens with zero attached hydrogens (tertiary/aromatic N) is 2. The third-order valence-electron chi connectivity index (χ3n) is 11.4. The van der Waals surface area contributed by atoms with Gasteiger partial charge < -0.3 is 8.98 Å². The lowest BCUT2D eigenvalue weighted by molar-refractivity contribution is 0.669. The van der Waals surface area contributed by atoms with Crippen molar-refractivity contribution in [1.29, 1.82) is 0 Å². The molecule has 0 radical (unpaired) electrons. The van der Waals surface area contributed by atoms with Gasteiger partial charge in [-0.15, -0.1) is 0 Å². The van der Waals surface area contributed by atoms with Crippen LogP contribution < -0.4 is 0 Å². The Bertz CT molecular complexity index is 3500. The fourth-order valence-corrected chi connectivity index (χ4v) is 9.14. The lowest BCUT2D eigenvalue weighted by atomic mass is 9.91. The minimum absolute atomic E-state index is 0.903. The Morgan fingerprint density at radius 2 is 1.09 bits per heavy atom. The first kappa shape index (κ1) is 29.4. The predicted molar refractivity (Wildman–Crippen MR) is 227 cm³/mol. The summed E-state index contributed by atoms with van der Waals surface area (Å²) in [4.78, 5) is 4.55. The fourth-order valence-electron chi connectivity index (χ4n) is 9.14. The van der Waals surface area contributed by atoms with E-state index in [0.29, 0.717) is 0 Å². The number of rotatable bonds is 3. The third-order valence-corrected chi connectivity index (χ3v) is 11.4. The van der Waals surface area contributed by atoms with E-state index in [1.165, 1.54) is 70.5 Å². The summed E-state index contributed by atoms with van der Waals surface area (Å²) in [5.41, 5.74) is 9.83. The Hall–Kier alpha value is -7.23. The molecule has 0 aliphatic rings. The van der Waals surface area contributed by atoms with Crippen LogP contribution in [0.1, 0.15) is 0 Å². The van der Waals surface area contributed by atoms with Crippen molar-refractivity contribution < 1.29 is 4.42 Å². The summed E-state index contributed by atoms with van der Waals surface area (Å²) < 4.78 is 8.98. The average Bonchev–Trinajstić information content (AvgIpc) is 3.80. The van der Waals surface area contributed by atoms with Crippen molar-refractivity contribution in [1.82, 2.24) is 9.55 Å². The van der Waals surface area contributed by atoms with Crippen LogP contribution in [-0.2, 0) is 0 Å². The van der Waals surface area contributed by atoms with Crippen molar-refractivity contribution in [2.24, 2.45) is 0 Å². The van der Waals surface area contributed by atoms with E-state index in [1.54, 1.807) is 0 Å². The largest absolute Gasteiger partial charge is 0.456 e. The van der Waals surface area contributed by atoms with Crippen LogP contribution in [0, 0.1) is 0 Å². The summed E-state index contributed by atoms with van der Waals surface area (Å²) in [5.74, 6) is 0. The number of para-hydroxylation sites is 2. The van der Waals surface area contributed by atoms with E-state index in [0.717, 1.165) is 44.3 Å². The minimum atomic E-state index is 0.903. The molecule has 0 spiro atoms. The molecular formula is C51H30N2O. The summed E-state index contributed by atoms with van der Waals surface area (Å²) in [6.07, 6.45) is 3.81. The molecule has 250 valence electrons. The molecule has 9 aromatic carbocycles. The second kappa shape index (κ2) is 11.1. The Balaban J connectivity index is 1.28. The Morgan fingerprint density at radius 1 is 0.407 bits per heavy atom. The lowest BCUT2D eigenvalue weighted by Gasteiger charge is -2.17. The molecule has 12 rings (SSSR count). The van der Waals surface area contributed by atoms with Gasteiger partial charge >= 0.3 is 0 Å². The molecule has 3 heteroatoms. The number of fused-ring (bicyclic) bond motifs is 15. The standard InChI is InChI=1S/C51H30N2O/c1-2-14-36-31(12-1)29-44(38-16-4-3-15-37(36)38)34-26-33(32-13-11-25-52-30-32)27-35(28-34)53-45-21-9-7-19-41(45)49-40-18-6-5-17-39(40)48-43(51(49)53)23-24-47-50(48)42-20-8-10-22-46(42)54-47/h1-30H. The van der Waals surface area contributed by atoms with Gasteiger partial charge in [-0.25, -0.2) is 0 Å². The first-order valence-corrected chi connectivity index (χ1v) is 18.4. The molecule has 12 aromatic rings. The maximum absolute atomic E-state index is 6.48.